The van der Waals surface area contributed by atoms with Crippen LogP contribution in [0.3, 0.4) is 0 Å². The summed E-state index contributed by atoms with van der Waals surface area (Å²) in [6.45, 7) is 10.5. The van der Waals surface area contributed by atoms with E-state index in [1.807, 2.05) is 0 Å². The highest BCUT2D eigenvalue weighted by Crippen LogP contribution is 2.53. The van der Waals surface area contributed by atoms with Gasteiger partial charge in [0.1, 0.15) is 17.8 Å². The van der Waals surface area contributed by atoms with Gasteiger partial charge < -0.3 is 19.7 Å². The van der Waals surface area contributed by atoms with Crippen molar-refractivity contribution < 1.29 is 29.3 Å². The molecule has 1 saturated heterocycles. The van der Waals surface area contributed by atoms with Gasteiger partial charge in [-0.1, -0.05) is 19.2 Å². The third kappa shape index (κ3) is 2.16. The molecule has 0 aromatic rings. The average Bonchev–Trinajstić information content (AvgIpc) is 2.80. The summed E-state index contributed by atoms with van der Waals surface area (Å²) in [7, 11) is 0. The lowest BCUT2D eigenvalue weighted by atomic mass is 9.73. The van der Waals surface area contributed by atoms with E-state index in [1.54, 1.807) is 0 Å². The summed E-state index contributed by atoms with van der Waals surface area (Å²) in [5.41, 5.74) is -2.34. The fourth-order valence-electron chi connectivity index (χ4n) is 4.05. The number of carbonyl (C=O) groups is 2. The number of hydrogen-bond acceptors (Lipinski definition) is 6. The van der Waals surface area contributed by atoms with E-state index in [-0.39, 0.29) is 12.0 Å². The number of aliphatic hydroxyl groups is 2. The van der Waals surface area contributed by atoms with Gasteiger partial charge in [-0.25, -0.2) is 4.79 Å². The maximum absolute atomic E-state index is 12.0. The first-order chi connectivity index (χ1) is 10.6. The van der Waals surface area contributed by atoms with E-state index in [4.69, 9.17) is 9.47 Å². The molecular formula is C17H20O6. The summed E-state index contributed by atoms with van der Waals surface area (Å²) in [5.74, 6) is -2.57. The normalized spacial score (nSPS) is 45.3. The third-order valence-corrected chi connectivity index (χ3v) is 5.10. The van der Waals surface area contributed by atoms with Gasteiger partial charge in [0.05, 0.1) is 17.4 Å². The van der Waals surface area contributed by atoms with Crippen LogP contribution in [0.2, 0.25) is 0 Å². The molecule has 1 saturated carbocycles. The molecule has 2 N–H and O–H groups in total. The predicted molar refractivity (Wildman–Crippen MR) is 80.0 cm³/mol. The van der Waals surface area contributed by atoms with E-state index in [0.717, 1.165) is 0 Å². The van der Waals surface area contributed by atoms with Gasteiger partial charge in [0, 0.05) is 18.9 Å². The van der Waals surface area contributed by atoms with Crippen LogP contribution in [-0.2, 0) is 19.1 Å². The van der Waals surface area contributed by atoms with E-state index < -0.39 is 47.2 Å². The molecule has 6 heteroatoms. The Kier molecular flexibility index (Phi) is 3.32. The SMILES string of the molecule is C=C1C(=O)O[C@H]2C1[C@@H](OC(C)=O)CC(=C)[C@@]1(O)C=C[C@](C)(O)[C@H]21. The van der Waals surface area contributed by atoms with E-state index in [0.29, 0.717) is 5.57 Å². The minimum absolute atomic E-state index is 0.157. The molecule has 2 aliphatic carbocycles. The van der Waals surface area contributed by atoms with Gasteiger partial charge in [-0.15, -0.1) is 0 Å². The summed E-state index contributed by atoms with van der Waals surface area (Å²) < 4.78 is 10.7. The molecule has 3 aliphatic rings. The first kappa shape index (κ1) is 16.0. The Labute approximate surface area is 134 Å². The Morgan fingerprint density at radius 2 is 2.04 bits per heavy atom. The average molecular weight is 320 g/mol. The molecule has 0 aromatic carbocycles. The Bertz CT molecular complexity index is 645. The molecule has 23 heavy (non-hydrogen) atoms. The fourth-order valence-corrected chi connectivity index (χ4v) is 4.05. The van der Waals surface area contributed by atoms with Crippen LogP contribution in [0.25, 0.3) is 0 Å². The lowest BCUT2D eigenvalue weighted by molar-refractivity contribution is -0.155. The van der Waals surface area contributed by atoms with Crippen LogP contribution in [0.4, 0.5) is 0 Å². The fraction of sp³-hybridized carbons (Fsp3) is 0.529. The van der Waals surface area contributed by atoms with Crippen LogP contribution in [0.15, 0.2) is 36.5 Å². The van der Waals surface area contributed by atoms with Gasteiger partial charge in [0.2, 0.25) is 0 Å². The maximum Gasteiger partial charge on any atom is 0.334 e. The quantitative estimate of drug-likeness (QED) is 0.418. The highest BCUT2D eigenvalue weighted by atomic mass is 16.6. The molecular weight excluding hydrogens is 300 g/mol. The standard InChI is InChI=1S/C17H20O6/c1-8-7-11(22-10(3)18)12-9(2)15(19)23-13(12)14-16(4,20)5-6-17(8,14)21/h5-6,11-14,20-21H,1-2,7H2,3-4H3/t11-,12?,13-,14-,16-,17-/m0/s1. The van der Waals surface area contributed by atoms with E-state index in [1.165, 1.54) is 26.0 Å². The molecule has 1 heterocycles. The number of hydrogen-bond donors (Lipinski definition) is 2. The number of rotatable bonds is 1. The van der Waals surface area contributed by atoms with Crippen LogP contribution in [0, 0.1) is 11.8 Å². The minimum atomic E-state index is -1.54. The molecule has 6 nitrogen and oxygen atoms in total. The summed E-state index contributed by atoms with van der Waals surface area (Å²) in [6, 6.07) is 0. The van der Waals surface area contributed by atoms with Crippen LogP contribution < -0.4 is 0 Å². The molecule has 6 atom stereocenters. The van der Waals surface area contributed by atoms with Crippen molar-refractivity contribution in [3.63, 3.8) is 0 Å². The molecule has 124 valence electrons. The van der Waals surface area contributed by atoms with Gasteiger partial charge in [0.15, 0.2) is 0 Å². The predicted octanol–water partition coefficient (Wildman–Crippen LogP) is 0.644. The van der Waals surface area contributed by atoms with Gasteiger partial charge >= 0.3 is 11.9 Å². The summed E-state index contributed by atoms with van der Waals surface area (Å²) >= 11 is 0. The van der Waals surface area contributed by atoms with Crippen molar-refractivity contribution in [1.29, 1.82) is 0 Å². The highest BCUT2D eigenvalue weighted by molar-refractivity contribution is 5.91. The Morgan fingerprint density at radius 1 is 1.39 bits per heavy atom. The van der Waals surface area contributed by atoms with Gasteiger partial charge in [-0.05, 0) is 18.6 Å². The summed E-state index contributed by atoms with van der Waals surface area (Å²) in [5, 5.41) is 21.7. The molecule has 0 amide bonds. The van der Waals surface area contributed by atoms with Crippen molar-refractivity contribution in [3.8, 4) is 0 Å². The molecule has 0 radical (unpaired) electrons. The molecule has 0 spiro atoms. The Balaban J connectivity index is 2.12. The van der Waals surface area contributed by atoms with Crippen LogP contribution in [0.5, 0.6) is 0 Å². The van der Waals surface area contributed by atoms with Gasteiger partial charge in [-0.3, -0.25) is 4.79 Å². The zero-order chi connectivity index (χ0) is 17.2. The maximum atomic E-state index is 12.0. The minimum Gasteiger partial charge on any atom is -0.461 e. The Hall–Kier alpha value is -1.92. The largest absolute Gasteiger partial charge is 0.461 e. The van der Waals surface area contributed by atoms with Crippen molar-refractivity contribution in [2.24, 2.45) is 11.8 Å². The van der Waals surface area contributed by atoms with Gasteiger partial charge in [-0.2, -0.15) is 0 Å². The highest BCUT2D eigenvalue weighted by Gasteiger charge is 2.63. The molecule has 1 unspecified atom stereocenters. The molecule has 3 rings (SSSR count). The molecule has 0 aromatic heterocycles. The Morgan fingerprint density at radius 3 is 2.65 bits per heavy atom. The molecule has 0 bridgehead atoms. The van der Waals surface area contributed by atoms with Crippen LogP contribution in [0.1, 0.15) is 20.3 Å². The number of ether oxygens (including phenoxy) is 2. The lowest BCUT2D eigenvalue weighted by Gasteiger charge is -2.38. The van der Waals surface area contributed by atoms with Crippen LogP contribution in [-0.4, -0.2) is 45.6 Å². The smallest absolute Gasteiger partial charge is 0.334 e. The summed E-state index contributed by atoms with van der Waals surface area (Å²) in [6.07, 6.45) is 1.55. The van der Waals surface area contributed by atoms with Crippen molar-refractivity contribution in [2.45, 2.75) is 43.7 Å². The van der Waals surface area contributed by atoms with Crippen molar-refractivity contribution >= 4 is 11.9 Å². The van der Waals surface area contributed by atoms with E-state index in [9.17, 15) is 19.8 Å². The molecule has 2 fully saturated rings. The van der Waals surface area contributed by atoms with E-state index in [2.05, 4.69) is 13.2 Å². The zero-order valence-electron chi connectivity index (χ0n) is 13.1. The van der Waals surface area contributed by atoms with Crippen molar-refractivity contribution in [2.75, 3.05) is 0 Å². The summed E-state index contributed by atoms with van der Waals surface area (Å²) in [4.78, 5) is 23.4. The second-order valence-corrected chi connectivity index (χ2v) is 6.74. The third-order valence-electron chi connectivity index (χ3n) is 5.10. The monoisotopic (exact) mass is 320 g/mol. The second-order valence-electron chi connectivity index (χ2n) is 6.74. The van der Waals surface area contributed by atoms with Crippen molar-refractivity contribution in [1.82, 2.24) is 0 Å². The van der Waals surface area contributed by atoms with E-state index >= 15 is 0 Å². The lowest BCUT2D eigenvalue weighted by Crippen LogP contribution is -2.51. The first-order valence-electron chi connectivity index (χ1n) is 7.48. The zero-order valence-corrected chi connectivity index (χ0v) is 13.1. The topological polar surface area (TPSA) is 93.1 Å². The van der Waals surface area contributed by atoms with Gasteiger partial charge in [0.25, 0.3) is 0 Å². The first-order valence-corrected chi connectivity index (χ1v) is 7.48. The number of fused-ring (bicyclic) bond motifs is 3. The second kappa shape index (κ2) is 4.79. The van der Waals surface area contributed by atoms with Crippen molar-refractivity contribution in [3.05, 3.63) is 36.5 Å². The number of carbonyl (C=O) groups excluding carboxylic acids is 2. The van der Waals surface area contributed by atoms with Crippen LogP contribution >= 0.6 is 0 Å². The number of esters is 2. The molecule has 1 aliphatic heterocycles.